The highest BCUT2D eigenvalue weighted by Gasteiger charge is 2.04. The number of ether oxygens (including phenoxy) is 1. The molecule has 0 amide bonds. The molecule has 1 heterocycles. The van der Waals surface area contributed by atoms with Gasteiger partial charge in [-0.1, -0.05) is 25.6 Å². The van der Waals surface area contributed by atoms with Crippen molar-refractivity contribution in [2.75, 3.05) is 26.0 Å². The lowest BCUT2D eigenvalue weighted by Gasteiger charge is -2.06. The highest BCUT2D eigenvalue weighted by molar-refractivity contribution is 7.99. The first-order chi connectivity index (χ1) is 10.2. The van der Waals surface area contributed by atoms with E-state index in [2.05, 4.69) is 29.1 Å². The van der Waals surface area contributed by atoms with E-state index in [9.17, 15) is 0 Å². The smallest absolute Gasteiger partial charge is 0.166 e. The molecule has 4 nitrogen and oxygen atoms in total. The highest BCUT2D eigenvalue weighted by Crippen LogP contribution is 2.23. The number of aromatic amines is 1. The third kappa shape index (κ3) is 5.25. The van der Waals surface area contributed by atoms with Crippen molar-refractivity contribution in [3.63, 3.8) is 0 Å². The molecule has 0 bridgehead atoms. The van der Waals surface area contributed by atoms with E-state index >= 15 is 0 Å². The maximum atomic E-state index is 5.22. The molecule has 2 rings (SSSR count). The molecule has 0 atom stereocenters. The quantitative estimate of drug-likeness (QED) is 0.548. The van der Waals surface area contributed by atoms with E-state index in [1.165, 1.54) is 12.8 Å². The van der Waals surface area contributed by atoms with E-state index < -0.39 is 0 Å². The Bertz CT molecular complexity index is 553. The van der Waals surface area contributed by atoms with Crippen LogP contribution in [0.15, 0.2) is 23.4 Å². The minimum atomic E-state index is 0.729. The summed E-state index contributed by atoms with van der Waals surface area (Å²) in [5.74, 6) is 2.69. The Labute approximate surface area is 131 Å². The van der Waals surface area contributed by atoms with Gasteiger partial charge >= 0.3 is 0 Å². The molecule has 2 N–H and O–H groups in total. The fourth-order valence-electron chi connectivity index (χ4n) is 2.07. The molecule has 0 saturated carbocycles. The van der Waals surface area contributed by atoms with E-state index in [0.717, 1.165) is 46.7 Å². The summed E-state index contributed by atoms with van der Waals surface area (Å²) in [6, 6.07) is 5.92. The highest BCUT2D eigenvalue weighted by atomic mass is 32.2. The van der Waals surface area contributed by atoms with Crippen LogP contribution in [0, 0.1) is 5.92 Å². The van der Waals surface area contributed by atoms with Crippen LogP contribution < -0.4 is 10.1 Å². The van der Waals surface area contributed by atoms with Gasteiger partial charge in [0.15, 0.2) is 5.16 Å². The van der Waals surface area contributed by atoms with Crippen molar-refractivity contribution in [2.45, 2.75) is 31.8 Å². The van der Waals surface area contributed by atoms with Gasteiger partial charge in [-0.25, -0.2) is 4.98 Å². The number of hydrogen-bond donors (Lipinski definition) is 2. The molecule has 1 aromatic carbocycles. The van der Waals surface area contributed by atoms with E-state index in [1.54, 1.807) is 18.9 Å². The van der Waals surface area contributed by atoms with Crippen LogP contribution >= 0.6 is 11.8 Å². The van der Waals surface area contributed by atoms with Crippen LogP contribution in [0.4, 0.5) is 0 Å². The molecule has 0 fully saturated rings. The number of H-pyrrole nitrogens is 1. The van der Waals surface area contributed by atoms with Crippen molar-refractivity contribution >= 4 is 22.8 Å². The van der Waals surface area contributed by atoms with Crippen LogP contribution in [0.2, 0.25) is 0 Å². The molecule has 116 valence electrons. The Balaban J connectivity index is 1.71. The van der Waals surface area contributed by atoms with Gasteiger partial charge in [-0.3, -0.25) is 0 Å². The number of rotatable bonds is 9. The summed E-state index contributed by atoms with van der Waals surface area (Å²) in [5, 5.41) is 4.46. The van der Waals surface area contributed by atoms with E-state index in [4.69, 9.17) is 4.74 Å². The van der Waals surface area contributed by atoms with Crippen molar-refractivity contribution in [1.82, 2.24) is 15.3 Å². The van der Waals surface area contributed by atoms with Gasteiger partial charge in [0.05, 0.1) is 18.1 Å². The summed E-state index contributed by atoms with van der Waals surface area (Å²) in [6.45, 7) is 6.69. The molecule has 21 heavy (non-hydrogen) atoms. The summed E-state index contributed by atoms with van der Waals surface area (Å²) < 4.78 is 5.22. The Morgan fingerprint density at radius 1 is 1.33 bits per heavy atom. The second-order valence-corrected chi connectivity index (χ2v) is 6.66. The van der Waals surface area contributed by atoms with Crippen molar-refractivity contribution in [3.05, 3.63) is 18.2 Å². The van der Waals surface area contributed by atoms with Crippen molar-refractivity contribution < 1.29 is 4.74 Å². The van der Waals surface area contributed by atoms with Crippen LogP contribution in [0.1, 0.15) is 26.7 Å². The van der Waals surface area contributed by atoms with Crippen molar-refractivity contribution in [3.8, 4) is 5.75 Å². The zero-order valence-corrected chi connectivity index (χ0v) is 13.9. The zero-order chi connectivity index (χ0) is 15.1. The van der Waals surface area contributed by atoms with Gasteiger partial charge in [0.1, 0.15) is 5.75 Å². The van der Waals surface area contributed by atoms with Crippen LogP contribution in [0.5, 0.6) is 5.75 Å². The molecule has 0 saturated heterocycles. The van der Waals surface area contributed by atoms with Gasteiger partial charge in [0.2, 0.25) is 0 Å². The molecular weight excluding hydrogens is 282 g/mol. The summed E-state index contributed by atoms with van der Waals surface area (Å²) in [6.07, 6.45) is 2.42. The second-order valence-electron chi connectivity index (χ2n) is 5.58. The molecule has 1 aromatic heterocycles. The number of nitrogens with zero attached hydrogens (tertiary/aromatic N) is 1. The first kappa shape index (κ1) is 16.2. The van der Waals surface area contributed by atoms with Gasteiger partial charge in [0.25, 0.3) is 0 Å². The molecule has 0 unspecified atom stereocenters. The topological polar surface area (TPSA) is 49.9 Å². The third-order valence-electron chi connectivity index (χ3n) is 3.21. The van der Waals surface area contributed by atoms with Crippen molar-refractivity contribution in [2.24, 2.45) is 5.92 Å². The molecule has 0 aliphatic rings. The zero-order valence-electron chi connectivity index (χ0n) is 13.1. The molecule has 2 aromatic rings. The normalized spacial score (nSPS) is 11.4. The first-order valence-corrected chi connectivity index (χ1v) is 8.55. The molecule has 0 spiro atoms. The lowest BCUT2D eigenvalue weighted by atomic mass is 10.2. The van der Waals surface area contributed by atoms with Gasteiger partial charge < -0.3 is 15.0 Å². The molecule has 0 aliphatic heterocycles. The average Bonchev–Trinajstić information content (AvgIpc) is 2.87. The SMILES string of the molecule is COc1ccc2nc(SCCCCNCC(C)C)[nH]c2c1. The van der Waals surface area contributed by atoms with Crippen molar-refractivity contribution in [1.29, 1.82) is 0 Å². The maximum absolute atomic E-state index is 5.22. The summed E-state index contributed by atoms with van der Waals surface area (Å²) >= 11 is 1.79. The predicted octanol–water partition coefficient (Wildman–Crippen LogP) is 3.69. The molecule has 5 heteroatoms. The number of hydrogen-bond acceptors (Lipinski definition) is 4. The number of aromatic nitrogens is 2. The Hall–Kier alpha value is -1.20. The van der Waals surface area contributed by atoms with Crippen LogP contribution in [-0.2, 0) is 0 Å². The number of methoxy groups -OCH3 is 1. The van der Waals surface area contributed by atoms with Crippen LogP contribution in [0.3, 0.4) is 0 Å². The summed E-state index contributed by atoms with van der Waals surface area (Å²) in [7, 11) is 1.68. The number of benzene rings is 1. The van der Waals surface area contributed by atoms with Crippen LogP contribution in [0.25, 0.3) is 11.0 Å². The third-order valence-corrected chi connectivity index (χ3v) is 4.17. The number of fused-ring (bicyclic) bond motifs is 1. The number of thioether (sulfide) groups is 1. The van der Waals surface area contributed by atoms with E-state index in [-0.39, 0.29) is 0 Å². The summed E-state index contributed by atoms with van der Waals surface area (Å²) in [5.41, 5.74) is 2.03. The first-order valence-electron chi connectivity index (χ1n) is 7.56. The Morgan fingerprint density at radius 2 is 2.19 bits per heavy atom. The number of unbranched alkanes of at least 4 members (excludes halogenated alkanes) is 1. The minimum Gasteiger partial charge on any atom is -0.497 e. The number of imidazole rings is 1. The molecule has 0 radical (unpaired) electrons. The Kier molecular flexibility index (Phi) is 6.39. The van der Waals surface area contributed by atoms with E-state index in [1.807, 2.05) is 18.2 Å². The maximum Gasteiger partial charge on any atom is 0.166 e. The lowest BCUT2D eigenvalue weighted by Crippen LogP contribution is -2.20. The Morgan fingerprint density at radius 3 is 2.95 bits per heavy atom. The monoisotopic (exact) mass is 307 g/mol. The standard InChI is InChI=1S/C16H25N3OS/c1-12(2)11-17-8-4-5-9-21-16-18-14-7-6-13(20-3)10-15(14)19-16/h6-7,10,12,17H,4-5,8-9,11H2,1-3H3,(H,18,19). The lowest BCUT2D eigenvalue weighted by molar-refractivity contribution is 0.415. The molecular formula is C16H25N3OS. The van der Waals surface area contributed by atoms with Gasteiger partial charge in [-0.15, -0.1) is 0 Å². The van der Waals surface area contributed by atoms with E-state index in [0.29, 0.717) is 0 Å². The predicted molar refractivity (Wildman–Crippen MR) is 90.3 cm³/mol. The summed E-state index contributed by atoms with van der Waals surface area (Å²) in [4.78, 5) is 7.93. The number of nitrogens with one attached hydrogen (secondary N) is 2. The fourth-order valence-corrected chi connectivity index (χ4v) is 2.96. The largest absolute Gasteiger partial charge is 0.497 e. The average molecular weight is 307 g/mol. The van der Waals surface area contributed by atoms with Gasteiger partial charge in [0, 0.05) is 11.8 Å². The molecule has 0 aliphatic carbocycles. The van der Waals surface area contributed by atoms with Crippen LogP contribution in [-0.4, -0.2) is 35.9 Å². The minimum absolute atomic E-state index is 0.729. The van der Waals surface area contributed by atoms with Gasteiger partial charge in [-0.05, 0) is 44.0 Å². The fraction of sp³-hybridized carbons (Fsp3) is 0.562. The van der Waals surface area contributed by atoms with Gasteiger partial charge in [-0.2, -0.15) is 0 Å². The second kappa shape index (κ2) is 8.29.